The van der Waals surface area contributed by atoms with E-state index in [9.17, 15) is 4.79 Å². The monoisotopic (exact) mass is 357 g/mol. The Hall–Kier alpha value is -1.04. The zero-order valence-corrected chi connectivity index (χ0v) is 14.7. The van der Waals surface area contributed by atoms with Crippen LogP contribution in [-0.2, 0) is 9.53 Å². The highest BCUT2D eigenvalue weighted by molar-refractivity contribution is 9.10. The van der Waals surface area contributed by atoms with Gasteiger partial charge in [0.15, 0.2) is 0 Å². The van der Waals surface area contributed by atoms with Crippen molar-refractivity contribution in [2.75, 3.05) is 18.5 Å². The molecule has 6 heteroatoms. The maximum absolute atomic E-state index is 12.0. The van der Waals surface area contributed by atoms with Gasteiger partial charge < -0.3 is 10.1 Å². The Bertz CT molecular complexity index is 515. The third-order valence-electron chi connectivity index (χ3n) is 4.11. The lowest BCUT2D eigenvalue weighted by atomic mass is 9.99. The van der Waals surface area contributed by atoms with E-state index in [2.05, 4.69) is 35.1 Å². The van der Waals surface area contributed by atoms with E-state index in [0.29, 0.717) is 19.1 Å². The van der Waals surface area contributed by atoms with E-state index in [1.54, 1.807) is 0 Å². The summed E-state index contributed by atoms with van der Waals surface area (Å²) in [5.41, 5.74) is 1.07. The molecule has 1 aromatic heterocycles. The summed E-state index contributed by atoms with van der Waals surface area (Å²) in [6, 6.07) is -0.000762. The first-order valence-corrected chi connectivity index (χ1v) is 8.48. The Balaban J connectivity index is 2.27. The molecule has 1 aromatic rings. The molecule has 5 nitrogen and oxygen atoms in total. The first-order valence-electron chi connectivity index (χ1n) is 7.69. The van der Waals surface area contributed by atoms with E-state index in [1.165, 1.54) is 0 Å². The summed E-state index contributed by atoms with van der Waals surface area (Å²) in [4.78, 5) is 12.0. The Morgan fingerprint density at radius 2 is 2.29 bits per heavy atom. The molecule has 0 radical (unpaired) electrons. The van der Waals surface area contributed by atoms with Crippen molar-refractivity contribution in [2.24, 2.45) is 5.92 Å². The van der Waals surface area contributed by atoms with Gasteiger partial charge in [-0.25, -0.2) is 4.68 Å². The highest BCUT2D eigenvalue weighted by Crippen LogP contribution is 2.39. The van der Waals surface area contributed by atoms with Crippen LogP contribution in [0, 0.1) is 5.92 Å². The largest absolute Gasteiger partial charge is 0.466 e. The van der Waals surface area contributed by atoms with Crippen LogP contribution in [0.2, 0.25) is 0 Å². The second kappa shape index (κ2) is 6.81. The van der Waals surface area contributed by atoms with E-state index in [0.717, 1.165) is 28.8 Å². The van der Waals surface area contributed by atoms with E-state index in [4.69, 9.17) is 9.84 Å². The van der Waals surface area contributed by atoms with Gasteiger partial charge >= 0.3 is 5.97 Å². The highest BCUT2D eigenvalue weighted by Gasteiger charge is 2.35. The number of hydrogen-bond acceptors (Lipinski definition) is 4. The quantitative estimate of drug-likeness (QED) is 0.816. The predicted molar refractivity (Wildman–Crippen MR) is 86.6 cm³/mol. The Morgan fingerprint density at radius 1 is 1.57 bits per heavy atom. The smallest absolute Gasteiger partial charge is 0.312 e. The normalized spacial score (nSPS) is 22.3. The van der Waals surface area contributed by atoms with Gasteiger partial charge in [-0.05, 0) is 36.2 Å². The summed E-state index contributed by atoms with van der Waals surface area (Å²) < 4.78 is 8.11. The number of esters is 1. The number of nitrogens with one attached hydrogen (secondary N) is 1. The molecule has 21 heavy (non-hydrogen) atoms. The first kappa shape index (κ1) is 16.3. The van der Waals surface area contributed by atoms with Crippen LogP contribution in [0.15, 0.2) is 4.47 Å². The molecule has 1 aliphatic rings. The van der Waals surface area contributed by atoms with Gasteiger partial charge in [-0.15, -0.1) is 0 Å². The second-order valence-electron chi connectivity index (χ2n) is 5.66. The molecule has 2 rings (SSSR count). The van der Waals surface area contributed by atoms with Gasteiger partial charge in [0.1, 0.15) is 5.82 Å². The van der Waals surface area contributed by atoms with Crippen molar-refractivity contribution in [3.8, 4) is 0 Å². The highest BCUT2D eigenvalue weighted by atomic mass is 79.9. The second-order valence-corrected chi connectivity index (χ2v) is 6.46. The van der Waals surface area contributed by atoms with Crippen molar-refractivity contribution < 1.29 is 9.53 Å². The van der Waals surface area contributed by atoms with Crippen LogP contribution in [0.1, 0.15) is 58.2 Å². The SMILES string of the molecule is CCCC(C)c1nn2c(c1Br)NCC(C(=O)OCC)C2C. The molecule has 0 bridgehead atoms. The summed E-state index contributed by atoms with van der Waals surface area (Å²) in [6.45, 7) is 9.23. The molecule has 118 valence electrons. The minimum absolute atomic E-state index is 0.000762. The van der Waals surface area contributed by atoms with Crippen LogP contribution in [0.25, 0.3) is 0 Å². The number of fused-ring (bicyclic) bond motifs is 1. The number of ether oxygens (including phenoxy) is 1. The van der Waals surface area contributed by atoms with Gasteiger partial charge in [-0.3, -0.25) is 4.79 Å². The minimum Gasteiger partial charge on any atom is -0.466 e. The number of carbonyl (C=O) groups excluding carboxylic acids is 1. The van der Waals surface area contributed by atoms with Gasteiger partial charge in [0.25, 0.3) is 0 Å². The molecule has 1 N–H and O–H groups in total. The molecule has 0 aliphatic carbocycles. The molecule has 0 aromatic carbocycles. The molecule has 3 unspecified atom stereocenters. The molecule has 0 amide bonds. The summed E-state index contributed by atoms with van der Waals surface area (Å²) >= 11 is 3.66. The standard InChI is InChI=1S/C15H24BrN3O2/c1-5-7-9(3)13-12(16)14-17-8-11(15(20)21-6-2)10(4)19(14)18-13/h9-11,17H,5-8H2,1-4H3. The predicted octanol–water partition coefficient (Wildman–Crippen LogP) is 3.72. The van der Waals surface area contributed by atoms with Gasteiger partial charge in [-0.2, -0.15) is 5.10 Å². The fraction of sp³-hybridized carbons (Fsp3) is 0.733. The molecular weight excluding hydrogens is 334 g/mol. The van der Waals surface area contributed by atoms with Gasteiger partial charge in [-0.1, -0.05) is 20.3 Å². The van der Waals surface area contributed by atoms with Crippen molar-refractivity contribution >= 4 is 27.7 Å². The van der Waals surface area contributed by atoms with E-state index < -0.39 is 0 Å². The average molecular weight is 358 g/mol. The maximum Gasteiger partial charge on any atom is 0.312 e. The Labute approximate surface area is 134 Å². The van der Waals surface area contributed by atoms with E-state index in [-0.39, 0.29) is 17.9 Å². The fourth-order valence-electron chi connectivity index (χ4n) is 2.85. The zero-order valence-electron chi connectivity index (χ0n) is 13.1. The molecule has 0 saturated heterocycles. The maximum atomic E-state index is 12.0. The van der Waals surface area contributed by atoms with Crippen LogP contribution < -0.4 is 5.32 Å². The lowest BCUT2D eigenvalue weighted by Gasteiger charge is -2.29. The lowest BCUT2D eigenvalue weighted by Crippen LogP contribution is -2.37. The molecule has 1 aliphatic heterocycles. The number of nitrogens with zero attached hydrogens (tertiary/aromatic N) is 2. The van der Waals surface area contributed by atoms with E-state index >= 15 is 0 Å². The zero-order chi connectivity index (χ0) is 15.6. The fourth-order valence-corrected chi connectivity index (χ4v) is 3.64. The Morgan fingerprint density at radius 3 is 2.90 bits per heavy atom. The van der Waals surface area contributed by atoms with Crippen LogP contribution in [0.3, 0.4) is 0 Å². The first-order chi connectivity index (χ1) is 10.0. The number of carbonyl (C=O) groups is 1. The third-order valence-corrected chi connectivity index (χ3v) is 4.89. The molecule has 2 heterocycles. The van der Waals surface area contributed by atoms with Crippen LogP contribution in [0.4, 0.5) is 5.82 Å². The molecule has 0 fully saturated rings. The van der Waals surface area contributed by atoms with Crippen molar-refractivity contribution in [3.63, 3.8) is 0 Å². The van der Waals surface area contributed by atoms with Crippen LogP contribution in [-0.4, -0.2) is 28.9 Å². The molecule has 3 atom stereocenters. The number of anilines is 1. The third kappa shape index (κ3) is 3.10. The van der Waals surface area contributed by atoms with Crippen LogP contribution >= 0.6 is 15.9 Å². The number of halogens is 1. The van der Waals surface area contributed by atoms with Crippen molar-refractivity contribution in [3.05, 3.63) is 10.2 Å². The lowest BCUT2D eigenvalue weighted by molar-refractivity contribution is -0.149. The summed E-state index contributed by atoms with van der Waals surface area (Å²) in [6.07, 6.45) is 2.23. The van der Waals surface area contributed by atoms with Gasteiger partial charge in [0.05, 0.1) is 28.7 Å². The summed E-state index contributed by atoms with van der Waals surface area (Å²) in [5, 5.41) is 8.06. The topological polar surface area (TPSA) is 56.2 Å². The number of hydrogen-bond donors (Lipinski definition) is 1. The number of rotatable bonds is 5. The van der Waals surface area contributed by atoms with Gasteiger partial charge in [0, 0.05) is 12.5 Å². The average Bonchev–Trinajstić information content (AvgIpc) is 2.78. The molecule has 0 saturated carbocycles. The molecule has 0 spiro atoms. The van der Waals surface area contributed by atoms with Crippen molar-refractivity contribution in [1.82, 2.24) is 9.78 Å². The van der Waals surface area contributed by atoms with Crippen molar-refractivity contribution in [1.29, 1.82) is 0 Å². The van der Waals surface area contributed by atoms with E-state index in [1.807, 2.05) is 18.5 Å². The summed E-state index contributed by atoms with van der Waals surface area (Å²) in [7, 11) is 0. The molecular formula is C15H24BrN3O2. The Kier molecular flexibility index (Phi) is 5.30. The number of aromatic nitrogens is 2. The minimum atomic E-state index is -0.196. The summed E-state index contributed by atoms with van der Waals surface area (Å²) in [5.74, 6) is 1.02. The van der Waals surface area contributed by atoms with Crippen LogP contribution in [0.5, 0.6) is 0 Å². The van der Waals surface area contributed by atoms with Gasteiger partial charge in [0.2, 0.25) is 0 Å². The van der Waals surface area contributed by atoms with Crippen molar-refractivity contribution in [2.45, 2.75) is 52.5 Å².